The topological polar surface area (TPSA) is 43.2 Å². The van der Waals surface area contributed by atoms with E-state index in [-0.39, 0.29) is 0 Å². The summed E-state index contributed by atoms with van der Waals surface area (Å²) in [5, 5.41) is 6.35. The molecule has 0 N–H and O–H groups in total. The van der Waals surface area contributed by atoms with Crippen LogP contribution in [-0.4, -0.2) is 26.0 Å². The minimum Gasteiger partial charge on any atom is -0.391 e. The molecule has 0 aliphatic carbocycles. The molecule has 0 amide bonds. The van der Waals surface area contributed by atoms with Gasteiger partial charge in [0, 0.05) is 0 Å². The van der Waals surface area contributed by atoms with E-state index in [4.69, 9.17) is 0 Å². The standard InChI is InChI=1S/C4H6N2O2/c1-7-5-3-4-6-8-2/h1-2H3. The molecule has 44 valence electrons. The van der Waals surface area contributed by atoms with Gasteiger partial charge in [-0.15, -0.1) is 0 Å². The molecule has 0 aliphatic heterocycles. The third kappa shape index (κ3) is 4.76. The smallest absolute Gasteiger partial charge is 0.107 e. The first kappa shape index (κ1) is 6.76. The van der Waals surface area contributed by atoms with Crippen molar-refractivity contribution in [2.75, 3.05) is 14.2 Å². The van der Waals surface area contributed by atoms with Crippen molar-refractivity contribution in [1.29, 1.82) is 0 Å². The Balaban J connectivity index is 3.61. The van der Waals surface area contributed by atoms with Gasteiger partial charge in [-0.1, -0.05) is 0 Å². The van der Waals surface area contributed by atoms with E-state index in [1.54, 1.807) is 0 Å². The normalized spacial score (nSPS) is 5.75. The summed E-state index contributed by atoms with van der Waals surface area (Å²) >= 11 is 0. The van der Waals surface area contributed by atoms with Gasteiger partial charge in [0.25, 0.3) is 0 Å². The largest absolute Gasteiger partial charge is 0.391 e. The molecule has 0 heterocycles. The van der Waals surface area contributed by atoms with Crippen LogP contribution in [0.1, 0.15) is 0 Å². The Morgan fingerprint density at radius 1 is 1.00 bits per heavy atom. The predicted octanol–water partition coefficient (Wildman–Crippen LogP) is 0.00480. The Labute approximate surface area is 47.1 Å². The highest BCUT2D eigenvalue weighted by Crippen LogP contribution is 1.57. The molecule has 0 fully saturated rings. The van der Waals surface area contributed by atoms with Crippen LogP contribution in [-0.2, 0) is 9.68 Å². The summed E-state index contributed by atoms with van der Waals surface area (Å²) in [5.74, 6) is 4.39. The third-order valence-electron chi connectivity index (χ3n) is 0.324. The summed E-state index contributed by atoms with van der Waals surface area (Å²) in [5.41, 5.74) is 0. The highest BCUT2D eigenvalue weighted by atomic mass is 16.6. The molecule has 0 aromatic carbocycles. The van der Waals surface area contributed by atoms with Crippen LogP contribution >= 0.6 is 0 Å². The van der Waals surface area contributed by atoms with Crippen molar-refractivity contribution in [3.8, 4) is 0 Å². The van der Waals surface area contributed by atoms with Gasteiger partial charge in [-0.05, 0) is 10.3 Å². The van der Waals surface area contributed by atoms with Crippen molar-refractivity contribution in [3.63, 3.8) is 0 Å². The summed E-state index contributed by atoms with van der Waals surface area (Å²) in [6.07, 6.45) is 0. The molecule has 8 heavy (non-hydrogen) atoms. The maximum absolute atomic E-state index is 4.22. The Hall–Kier alpha value is -1.24. The fourth-order valence-electron chi connectivity index (χ4n) is 0.132. The molecule has 0 atom stereocenters. The van der Waals surface area contributed by atoms with Gasteiger partial charge in [-0.3, -0.25) is 0 Å². The minimum atomic E-state index is 1.40. The molecule has 0 saturated heterocycles. The summed E-state index contributed by atoms with van der Waals surface area (Å²) in [4.78, 5) is 8.45. The minimum absolute atomic E-state index is 1.40. The second-order valence-corrected chi connectivity index (χ2v) is 0.771. The average Bonchev–Trinajstić information content (AvgIpc) is 1.81. The molecular formula is C4H6N2O2. The third-order valence-corrected chi connectivity index (χ3v) is 0.324. The number of rotatable bonds is 2. The van der Waals surface area contributed by atoms with Gasteiger partial charge >= 0.3 is 0 Å². The SMILES string of the molecule is CON=C=C=NOC. The molecule has 0 radical (unpaired) electrons. The highest BCUT2D eigenvalue weighted by Gasteiger charge is 1.52. The molecule has 0 bridgehead atoms. The van der Waals surface area contributed by atoms with E-state index < -0.39 is 0 Å². The zero-order valence-electron chi connectivity index (χ0n) is 4.71. The van der Waals surface area contributed by atoms with E-state index in [1.807, 2.05) is 0 Å². The van der Waals surface area contributed by atoms with Gasteiger partial charge in [0.15, 0.2) is 0 Å². The number of nitrogens with zero attached hydrogens (tertiary/aromatic N) is 2. The molecule has 0 aliphatic rings. The van der Waals surface area contributed by atoms with E-state index in [1.165, 1.54) is 14.2 Å². The Kier molecular flexibility index (Phi) is 4.87. The lowest BCUT2D eigenvalue weighted by Crippen LogP contribution is -1.66. The molecule has 0 unspecified atom stereocenters. The molecule has 0 saturated carbocycles. The van der Waals surface area contributed by atoms with Crippen LogP contribution in [0.4, 0.5) is 0 Å². The lowest BCUT2D eigenvalue weighted by molar-refractivity contribution is 0.214. The van der Waals surface area contributed by atoms with Crippen LogP contribution in [0.3, 0.4) is 0 Å². The Morgan fingerprint density at radius 2 is 1.38 bits per heavy atom. The highest BCUT2D eigenvalue weighted by molar-refractivity contribution is 5.87. The van der Waals surface area contributed by atoms with E-state index in [2.05, 4.69) is 31.7 Å². The van der Waals surface area contributed by atoms with Gasteiger partial charge < -0.3 is 9.68 Å². The Bertz CT molecular complexity index is 115. The summed E-state index contributed by atoms with van der Waals surface area (Å²) in [6.45, 7) is 0. The first-order valence-electron chi connectivity index (χ1n) is 1.88. The van der Waals surface area contributed by atoms with Crippen LogP contribution in [0, 0.1) is 0 Å². The lowest BCUT2D eigenvalue weighted by atomic mass is 11.1. The van der Waals surface area contributed by atoms with Crippen molar-refractivity contribution in [2.24, 2.45) is 10.3 Å². The average molecular weight is 114 g/mol. The first-order valence-corrected chi connectivity index (χ1v) is 1.88. The van der Waals surface area contributed by atoms with Crippen LogP contribution < -0.4 is 0 Å². The summed E-state index contributed by atoms with van der Waals surface area (Å²) < 4.78 is 0. The van der Waals surface area contributed by atoms with Crippen molar-refractivity contribution >= 4 is 11.7 Å². The van der Waals surface area contributed by atoms with Crippen LogP contribution in [0.2, 0.25) is 0 Å². The quantitative estimate of drug-likeness (QED) is 0.374. The predicted molar refractivity (Wildman–Crippen MR) is 28.9 cm³/mol. The van der Waals surface area contributed by atoms with E-state index in [0.29, 0.717) is 0 Å². The second-order valence-electron chi connectivity index (χ2n) is 0.771. The van der Waals surface area contributed by atoms with Gasteiger partial charge in [0.05, 0.1) is 0 Å². The van der Waals surface area contributed by atoms with Crippen molar-refractivity contribution < 1.29 is 9.68 Å². The number of hydrogen-bond donors (Lipinski definition) is 0. The van der Waals surface area contributed by atoms with Crippen molar-refractivity contribution in [3.05, 3.63) is 0 Å². The molecule has 4 heteroatoms. The first-order chi connectivity index (χ1) is 3.91. The monoisotopic (exact) mass is 114 g/mol. The molecule has 0 rings (SSSR count). The fraction of sp³-hybridized carbons (Fsp3) is 0.500. The van der Waals surface area contributed by atoms with Gasteiger partial charge in [0.2, 0.25) is 0 Å². The molecule has 0 aromatic rings. The molecular weight excluding hydrogens is 108 g/mol. The zero-order valence-corrected chi connectivity index (χ0v) is 4.71. The van der Waals surface area contributed by atoms with Gasteiger partial charge in [-0.25, -0.2) is 0 Å². The molecule has 0 aromatic heterocycles. The fourth-order valence-corrected chi connectivity index (χ4v) is 0.132. The Morgan fingerprint density at radius 3 is 1.62 bits per heavy atom. The van der Waals surface area contributed by atoms with Crippen molar-refractivity contribution in [1.82, 2.24) is 0 Å². The van der Waals surface area contributed by atoms with E-state index in [0.717, 1.165) is 0 Å². The summed E-state index contributed by atoms with van der Waals surface area (Å²) in [6, 6.07) is 0. The number of hydrogen-bond acceptors (Lipinski definition) is 4. The van der Waals surface area contributed by atoms with Gasteiger partial charge in [0.1, 0.15) is 26.0 Å². The van der Waals surface area contributed by atoms with E-state index in [9.17, 15) is 0 Å². The van der Waals surface area contributed by atoms with Crippen molar-refractivity contribution in [2.45, 2.75) is 0 Å². The molecule has 4 nitrogen and oxygen atoms in total. The summed E-state index contributed by atoms with van der Waals surface area (Å²) in [7, 11) is 2.81. The van der Waals surface area contributed by atoms with Crippen LogP contribution in [0.25, 0.3) is 0 Å². The van der Waals surface area contributed by atoms with Crippen LogP contribution in [0.15, 0.2) is 10.3 Å². The maximum Gasteiger partial charge on any atom is 0.107 e. The molecule has 0 spiro atoms. The lowest BCUT2D eigenvalue weighted by Gasteiger charge is -1.73. The van der Waals surface area contributed by atoms with E-state index >= 15 is 0 Å². The maximum atomic E-state index is 4.22. The second kappa shape index (κ2) is 5.76. The van der Waals surface area contributed by atoms with Gasteiger partial charge in [-0.2, -0.15) is 0 Å². The zero-order chi connectivity index (χ0) is 6.24. The van der Waals surface area contributed by atoms with Crippen LogP contribution in [0.5, 0.6) is 0 Å².